The number of hydrogen-bond donors (Lipinski definition) is 2. The van der Waals surface area contributed by atoms with Crippen molar-refractivity contribution in [2.75, 3.05) is 5.75 Å². The van der Waals surface area contributed by atoms with Crippen LogP contribution in [0, 0.1) is 6.92 Å². The van der Waals surface area contributed by atoms with E-state index in [2.05, 4.69) is 15.2 Å². The van der Waals surface area contributed by atoms with Gasteiger partial charge in [-0.1, -0.05) is 30.0 Å². The Balaban J connectivity index is 1.84. The van der Waals surface area contributed by atoms with Gasteiger partial charge in [0.25, 0.3) is 10.0 Å². The molecule has 21 heavy (non-hydrogen) atoms. The quantitative estimate of drug-likeness (QED) is 0.614. The lowest BCUT2D eigenvalue weighted by molar-refractivity contribution is -0.119. The molecule has 2 N–H and O–H groups in total. The fourth-order valence-electron chi connectivity index (χ4n) is 1.34. The van der Waals surface area contributed by atoms with Crippen LogP contribution in [0.5, 0.6) is 0 Å². The van der Waals surface area contributed by atoms with Crippen molar-refractivity contribution in [3.05, 3.63) is 41.4 Å². The highest BCUT2D eigenvalue weighted by atomic mass is 32.2. The van der Waals surface area contributed by atoms with E-state index in [9.17, 15) is 13.2 Å². The Labute approximate surface area is 131 Å². The molecule has 112 valence electrons. The number of nitrogens with one attached hydrogen (secondary N) is 2. The minimum absolute atomic E-state index is 0.0876. The molecule has 0 aliphatic heterocycles. The van der Waals surface area contributed by atoms with E-state index in [0.717, 1.165) is 10.0 Å². The van der Waals surface area contributed by atoms with Crippen molar-refractivity contribution >= 4 is 39.0 Å². The number of benzene rings is 1. The van der Waals surface area contributed by atoms with Crippen LogP contribution in [0.1, 0.15) is 5.69 Å². The summed E-state index contributed by atoms with van der Waals surface area (Å²) in [7, 11) is -3.74. The van der Waals surface area contributed by atoms with Gasteiger partial charge in [0.05, 0.1) is 10.6 Å². The van der Waals surface area contributed by atoms with Gasteiger partial charge in [-0.2, -0.15) is 0 Å². The Kier molecular flexibility index (Phi) is 5.34. The molecule has 0 saturated heterocycles. The van der Waals surface area contributed by atoms with Gasteiger partial charge in [-0.05, 0) is 19.1 Å². The van der Waals surface area contributed by atoms with Crippen molar-refractivity contribution in [1.82, 2.24) is 15.2 Å². The maximum atomic E-state index is 11.9. The summed E-state index contributed by atoms with van der Waals surface area (Å²) in [5.41, 5.74) is 3.07. The summed E-state index contributed by atoms with van der Waals surface area (Å²) >= 11 is 2.70. The number of hydrogen-bond acceptors (Lipinski definition) is 6. The highest BCUT2D eigenvalue weighted by Gasteiger charge is 2.14. The number of carbonyl (C=O) groups excluding carboxylic acids is 1. The second-order valence-electron chi connectivity index (χ2n) is 4.01. The van der Waals surface area contributed by atoms with Crippen LogP contribution in [-0.4, -0.2) is 25.1 Å². The molecule has 1 amide bonds. The minimum atomic E-state index is -3.74. The van der Waals surface area contributed by atoms with Gasteiger partial charge < -0.3 is 0 Å². The van der Waals surface area contributed by atoms with Crippen molar-refractivity contribution in [3.63, 3.8) is 0 Å². The van der Waals surface area contributed by atoms with Crippen LogP contribution in [0.2, 0.25) is 0 Å². The Morgan fingerprint density at radius 1 is 1.33 bits per heavy atom. The van der Waals surface area contributed by atoms with E-state index in [1.165, 1.54) is 35.2 Å². The summed E-state index contributed by atoms with van der Waals surface area (Å²) in [6, 6.07) is 7.82. The maximum Gasteiger partial charge on any atom is 0.257 e. The van der Waals surface area contributed by atoms with E-state index in [1.54, 1.807) is 18.2 Å². The molecule has 0 unspecified atom stereocenters. The molecule has 0 atom stereocenters. The van der Waals surface area contributed by atoms with Crippen LogP contribution in [0.15, 0.2) is 44.9 Å². The first-order chi connectivity index (χ1) is 9.97. The second kappa shape index (κ2) is 7.03. The number of aromatic nitrogens is 1. The summed E-state index contributed by atoms with van der Waals surface area (Å²) in [5, 5.41) is 1.89. The number of sulfonamides is 1. The largest absolute Gasteiger partial charge is 0.277 e. The Morgan fingerprint density at radius 2 is 2.05 bits per heavy atom. The SMILES string of the molecule is Cc1csc(SCC(=O)NNS(=O)(=O)c2ccccc2)n1. The van der Waals surface area contributed by atoms with Crippen LogP contribution in [0.3, 0.4) is 0 Å². The van der Waals surface area contributed by atoms with Gasteiger partial charge in [0, 0.05) is 11.1 Å². The molecule has 2 rings (SSSR count). The molecule has 2 aromatic rings. The van der Waals surface area contributed by atoms with Gasteiger partial charge in [-0.25, -0.2) is 13.4 Å². The Hall–Kier alpha value is -1.42. The first kappa shape index (κ1) is 16.0. The first-order valence-electron chi connectivity index (χ1n) is 5.88. The predicted octanol–water partition coefficient (Wildman–Crippen LogP) is 1.55. The Morgan fingerprint density at radius 3 is 2.67 bits per heavy atom. The van der Waals surface area contributed by atoms with Gasteiger partial charge in [0.2, 0.25) is 5.91 Å². The fourth-order valence-corrected chi connectivity index (χ4v) is 3.88. The summed E-state index contributed by atoms with van der Waals surface area (Å²) in [5.74, 6) is -0.350. The predicted molar refractivity (Wildman–Crippen MR) is 82.5 cm³/mol. The van der Waals surface area contributed by atoms with Crippen molar-refractivity contribution in [2.45, 2.75) is 16.2 Å². The van der Waals surface area contributed by atoms with Crippen LogP contribution >= 0.6 is 23.1 Å². The average molecular weight is 343 g/mol. The number of thiazole rings is 1. The number of nitrogens with zero attached hydrogens (tertiary/aromatic N) is 1. The molecule has 0 saturated carbocycles. The topological polar surface area (TPSA) is 88.2 Å². The zero-order valence-electron chi connectivity index (χ0n) is 11.1. The Bertz CT molecular complexity index is 714. The zero-order valence-corrected chi connectivity index (χ0v) is 13.5. The molecule has 1 heterocycles. The highest BCUT2D eigenvalue weighted by Crippen LogP contribution is 2.21. The van der Waals surface area contributed by atoms with E-state index >= 15 is 0 Å². The van der Waals surface area contributed by atoms with Crippen molar-refractivity contribution in [1.29, 1.82) is 0 Å². The summed E-state index contributed by atoms with van der Waals surface area (Å²) < 4.78 is 24.5. The van der Waals surface area contributed by atoms with Crippen LogP contribution in [0.4, 0.5) is 0 Å². The third kappa shape index (κ3) is 4.81. The van der Waals surface area contributed by atoms with E-state index in [-0.39, 0.29) is 10.6 Å². The van der Waals surface area contributed by atoms with E-state index in [1.807, 2.05) is 12.3 Å². The van der Waals surface area contributed by atoms with Gasteiger partial charge in [0.15, 0.2) is 4.34 Å². The fraction of sp³-hybridized carbons (Fsp3) is 0.167. The zero-order chi connectivity index (χ0) is 15.3. The molecule has 9 heteroatoms. The van der Waals surface area contributed by atoms with E-state index in [0.29, 0.717) is 0 Å². The summed E-state index contributed by atoms with van der Waals surface area (Å²) in [6.45, 7) is 1.87. The maximum absolute atomic E-state index is 11.9. The van der Waals surface area contributed by atoms with Gasteiger partial charge in [0.1, 0.15) is 0 Å². The third-order valence-corrected chi connectivity index (χ3v) is 5.71. The number of hydrazine groups is 1. The second-order valence-corrected chi connectivity index (χ2v) is 7.77. The molecule has 1 aromatic carbocycles. The number of amides is 1. The molecule has 1 aromatic heterocycles. The van der Waals surface area contributed by atoms with Crippen molar-refractivity contribution in [2.24, 2.45) is 0 Å². The van der Waals surface area contributed by atoms with Gasteiger partial charge in [-0.15, -0.1) is 16.2 Å². The average Bonchev–Trinajstić information content (AvgIpc) is 2.90. The molecule has 0 spiro atoms. The lowest BCUT2D eigenvalue weighted by atomic mass is 10.4. The number of aryl methyl sites for hydroxylation is 1. The molecule has 0 aliphatic carbocycles. The summed E-state index contributed by atoms with van der Waals surface area (Å²) in [4.78, 5) is 18.0. The lowest BCUT2D eigenvalue weighted by Crippen LogP contribution is -2.42. The number of thioether (sulfide) groups is 1. The monoisotopic (exact) mass is 343 g/mol. The van der Waals surface area contributed by atoms with Crippen molar-refractivity contribution < 1.29 is 13.2 Å². The van der Waals surface area contributed by atoms with E-state index in [4.69, 9.17) is 0 Å². The number of rotatable bonds is 6. The summed E-state index contributed by atoms with van der Waals surface area (Å²) in [6.07, 6.45) is 0. The van der Waals surface area contributed by atoms with Crippen molar-refractivity contribution in [3.8, 4) is 0 Å². The molecule has 0 aliphatic rings. The highest BCUT2D eigenvalue weighted by molar-refractivity contribution is 8.01. The molecular formula is C12H13N3O3S3. The normalized spacial score (nSPS) is 11.3. The van der Waals surface area contributed by atoms with Crippen LogP contribution < -0.4 is 10.3 Å². The van der Waals surface area contributed by atoms with Gasteiger partial charge in [-0.3, -0.25) is 10.2 Å². The smallest absolute Gasteiger partial charge is 0.257 e. The first-order valence-corrected chi connectivity index (χ1v) is 9.23. The molecule has 0 bridgehead atoms. The molecule has 6 nitrogen and oxygen atoms in total. The van der Waals surface area contributed by atoms with Crippen LogP contribution in [0.25, 0.3) is 0 Å². The third-order valence-electron chi connectivity index (χ3n) is 2.30. The van der Waals surface area contributed by atoms with Crippen LogP contribution in [-0.2, 0) is 14.8 Å². The molecule has 0 radical (unpaired) electrons. The lowest BCUT2D eigenvalue weighted by Gasteiger charge is -2.07. The van der Waals surface area contributed by atoms with Gasteiger partial charge >= 0.3 is 0 Å². The van der Waals surface area contributed by atoms with E-state index < -0.39 is 15.9 Å². The standard InChI is InChI=1S/C12H13N3O3S3/c1-9-7-19-12(13-9)20-8-11(16)14-15-21(17,18)10-5-3-2-4-6-10/h2-7,15H,8H2,1H3,(H,14,16). The minimum Gasteiger partial charge on any atom is -0.277 e. The molecule has 0 fully saturated rings. The molecular weight excluding hydrogens is 330 g/mol. The number of carbonyl (C=O) groups is 1.